The van der Waals surface area contributed by atoms with E-state index in [0.29, 0.717) is 19.2 Å². The van der Waals surface area contributed by atoms with Crippen molar-refractivity contribution in [2.75, 3.05) is 38.5 Å². The fourth-order valence-electron chi connectivity index (χ4n) is 4.58. The van der Waals surface area contributed by atoms with E-state index in [1.807, 2.05) is 18.0 Å². The number of halogens is 3. The van der Waals surface area contributed by atoms with Gasteiger partial charge in [-0.2, -0.15) is 18.4 Å². The fourth-order valence-corrected chi connectivity index (χ4v) is 4.58. The minimum atomic E-state index is -4.69. The van der Waals surface area contributed by atoms with Crippen molar-refractivity contribution in [1.29, 1.82) is 5.26 Å². The standard InChI is InChI=1S/C27H27F3N4O5/c1-16(35)21(26(38)39)22(18-8-6-17(15-31)7-9-18)23(25(37)34-12-10-33(2)11-13-34)24(36)32-20-5-3-4-19(14-20)27(28,29)30/h3-9,14,21-23H,10-13H2,1-2H3,(H,32,36)(H,38,39). The van der Waals surface area contributed by atoms with E-state index in [0.717, 1.165) is 19.1 Å². The number of anilines is 1. The van der Waals surface area contributed by atoms with Crippen LogP contribution in [0.3, 0.4) is 0 Å². The Bertz CT molecular complexity index is 1270. The van der Waals surface area contributed by atoms with Gasteiger partial charge in [0.05, 0.1) is 17.2 Å². The minimum Gasteiger partial charge on any atom is -0.481 e. The van der Waals surface area contributed by atoms with Gasteiger partial charge in [-0.05, 0) is 49.9 Å². The first-order chi connectivity index (χ1) is 18.3. The Hall–Kier alpha value is -4.24. The third-order valence-corrected chi connectivity index (χ3v) is 6.67. The lowest BCUT2D eigenvalue weighted by Gasteiger charge is -2.37. The second-order valence-corrected chi connectivity index (χ2v) is 9.36. The molecule has 39 heavy (non-hydrogen) atoms. The summed E-state index contributed by atoms with van der Waals surface area (Å²) in [6.07, 6.45) is -4.69. The van der Waals surface area contributed by atoms with Gasteiger partial charge in [0.2, 0.25) is 11.8 Å². The van der Waals surface area contributed by atoms with Gasteiger partial charge in [-0.15, -0.1) is 0 Å². The average Bonchev–Trinajstić information content (AvgIpc) is 2.88. The number of carboxylic acids is 1. The zero-order chi connectivity index (χ0) is 28.9. The number of benzene rings is 2. The molecule has 2 amide bonds. The Labute approximate surface area is 222 Å². The van der Waals surface area contributed by atoms with Crippen molar-refractivity contribution < 1.29 is 37.5 Å². The lowest BCUT2D eigenvalue weighted by molar-refractivity contribution is -0.150. The number of carbonyl (C=O) groups is 4. The van der Waals surface area contributed by atoms with Crippen LogP contribution in [0.25, 0.3) is 0 Å². The van der Waals surface area contributed by atoms with Gasteiger partial charge in [-0.25, -0.2) is 0 Å². The van der Waals surface area contributed by atoms with Crippen LogP contribution >= 0.6 is 0 Å². The molecule has 1 heterocycles. The zero-order valence-electron chi connectivity index (χ0n) is 21.2. The molecule has 2 N–H and O–H groups in total. The second kappa shape index (κ2) is 12.1. The molecule has 3 rings (SSSR count). The first-order valence-electron chi connectivity index (χ1n) is 12.0. The number of amides is 2. The molecule has 0 spiro atoms. The summed E-state index contributed by atoms with van der Waals surface area (Å²) in [6.45, 7) is 2.42. The Morgan fingerprint density at radius 3 is 2.13 bits per heavy atom. The number of carbonyl (C=O) groups excluding carboxylic acids is 3. The molecule has 1 fully saturated rings. The van der Waals surface area contributed by atoms with Gasteiger partial charge in [0.15, 0.2) is 0 Å². The van der Waals surface area contributed by atoms with Crippen molar-refractivity contribution in [1.82, 2.24) is 9.80 Å². The topological polar surface area (TPSA) is 131 Å². The van der Waals surface area contributed by atoms with E-state index in [9.17, 15) is 37.5 Å². The number of nitrogens with one attached hydrogen (secondary N) is 1. The van der Waals surface area contributed by atoms with Gasteiger partial charge in [0, 0.05) is 37.8 Å². The van der Waals surface area contributed by atoms with Crippen molar-refractivity contribution in [2.24, 2.45) is 11.8 Å². The average molecular weight is 545 g/mol. The van der Waals surface area contributed by atoms with Gasteiger partial charge in [0.25, 0.3) is 0 Å². The molecule has 1 saturated heterocycles. The molecule has 1 aliphatic heterocycles. The van der Waals surface area contributed by atoms with Crippen LogP contribution < -0.4 is 5.32 Å². The molecule has 0 aromatic heterocycles. The number of nitrogens with zero attached hydrogens (tertiary/aromatic N) is 3. The summed E-state index contributed by atoms with van der Waals surface area (Å²) in [7, 11) is 1.84. The smallest absolute Gasteiger partial charge is 0.416 e. The highest BCUT2D eigenvalue weighted by atomic mass is 19.4. The predicted octanol–water partition coefficient (Wildman–Crippen LogP) is 2.98. The summed E-state index contributed by atoms with van der Waals surface area (Å²) in [6, 6.07) is 11.2. The van der Waals surface area contributed by atoms with E-state index in [4.69, 9.17) is 5.26 Å². The molecule has 12 heteroatoms. The maximum atomic E-state index is 13.9. The lowest BCUT2D eigenvalue weighted by atomic mass is 9.73. The van der Waals surface area contributed by atoms with E-state index in [2.05, 4.69) is 5.32 Å². The van der Waals surface area contributed by atoms with Crippen molar-refractivity contribution in [3.8, 4) is 6.07 Å². The summed E-state index contributed by atoms with van der Waals surface area (Å²) in [5.41, 5.74) is -0.914. The van der Waals surface area contributed by atoms with Crippen molar-refractivity contribution in [3.05, 3.63) is 65.2 Å². The number of nitriles is 1. The van der Waals surface area contributed by atoms with Gasteiger partial charge in [-0.1, -0.05) is 18.2 Å². The monoisotopic (exact) mass is 544 g/mol. The molecule has 0 saturated carbocycles. The highest BCUT2D eigenvalue weighted by Crippen LogP contribution is 2.37. The number of hydrogen-bond acceptors (Lipinski definition) is 6. The maximum absolute atomic E-state index is 13.9. The Kier molecular flexibility index (Phi) is 9.08. The third kappa shape index (κ3) is 7.00. The number of alkyl halides is 3. The zero-order valence-corrected chi connectivity index (χ0v) is 21.2. The number of ketones is 1. The minimum absolute atomic E-state index is 0.142. The van der Waals surface area contributed by atoms with E-state index >= 15 is 0 Å². The third-order valence-electron chi connectivity index (χ3n) is 6.67. The van der Waals surface area contributed by atoms with Crippen molar-refractivity contribution >= 4 is 29.3 Å². The molecular formula is C27H27F3N4O5. The van der Waals surface area contributed by atoms with Crippen LogP contribution in [0.15, 0.2) is 48.5 Å². The largest absolute Gasteiger partial charge is 0.481 e. The molecule has 206 valence electrons. The SMILES string of the molecule is CC(=O)C(C(=O)O)C(c1ccc(C#N)cc1)C(C(=O)Nc1cccc(C(F)(F)F)c1)C(=O)N1CCN(C)CC1. The number of Topliss-reactive ketones (excluding diaryl/α,β-unsaturated/α-hetero) is 1. The summed E-state index contributed by atoms with van der Waals surface area (Å²) < 4.78 is 39.8. The first-order valence-corrected chi connectivity index (χ1v) is 12.0. The number of hydrogen-bond donors (Lipinski definition) is 2. The van der Waals surface area contributed by atoms with Crippen molar-refractivity contribution in [3.63, 3.8) is 0 Å². The summed E-state index contributed by atoms with van der Waals surface area (Å²) in [5, 5.41) is 21.5. The summed E-state index contributed by atoms with van der Waals surface area (Å²) >= 11 is 0. The molecule has 3 unspecified atom stereocenters. The highest BCUT2D eigenvalue weighted by Gasteiger charge is 2.47. The van der Waals surface area contributed by atoms with Crippen LogP contribution in [0.5, 0.6) is 0 Å². The normalized spacial score (nSPS) is 16.5. The quantitative estimate of drug-likeness (QED) is 0.489. The van der Waals surface area contributed by atoms with Crippen LogP contribution in [0, 0.1) is 23.2 Å². The van der Waals surface area contributed by atoms with Crippen LogP contribution in [0.1, 0.15) is 29.5 Å². The van der Waals surface area contributed by atoms with E-state index in [1.54, 1.807) is 0 Å². The number of likely N-dealkylation sites (N-methyl/N-ethyl adjacent to an activating group) is 1. The molecule has 0 radical (unpaired) electrons. The molecule has 0 aliphatic carbocycles. The molecule has 1 aliphatic rings. The van der Waals surface area contributed by atoms with E-state index in [1.165, 1.54) is 35.2 Å². The summed E-state index contributed by atoms with van der Waals surface area (Å²) in [5.74, 6) is -9.31. The maximum Gasteiger partial charge on any atom is 0.416 e. The van der Waals surface area contributed by atoms with Crippen molar-refractivity contribution in [2.45, 2.75) is 19.0 Å². The van der Waals surface area contributed by atoms with Crippen LogP contribution in [0.2, 0.25) is 0 Å². The van der Waals surface area contributed by atoms with Crippen LogP contribution in [-0.2, 0) is 25.4 Å². The molecular weight excluding hydrogens is 517 g/mol. The Morgan fingerprint density at radius 1 is 1.00 bits per heavy atom. The van der Waals surface area contributed by atoms with Gasteiger partial charge >= 0.3 is 12.1 Å². The second-order valence-electron chi connectivity index (χ2n) is 9.36. The molecule has 9 nitrogen and oxygen atoms in total. The van der Waals surface area contributed by atoms with Crippen LogP contribution in [-0.4, -0.2) is 71.7 Å². The highest BCUT2D eigenvalue weighted by molar-refractivity contribution is 6.09. The van der Waals surface area contributed by atoms with Gasteiger partial charge < -0.3 is 20.2 Å². The van der Waals surface area contributed by atoms with Gasteiger partial charge in [-0.3, -0.25) is 19.2 Å². The molecule has 3 atom stereocenters. The number of rotatable bonds is 8. The summed E-state index contributed by atoms with van der Waals surface area (Å²) in [4.78, 5) is 55.8. The lowest BCUT2D eigenvalue weighted by Crippen LogP contribution is -2.53. The van der Waals surface area contributed by atoms with Gasteiger partial charge in [0.1, 0.15) is 17.6 Å². The number of aliphatic carboxylic acids is 1. The van der Waals surface area contributed by atoms with Crippen LogP contribution in [0.4, 0.5) is 18.9 Å². The molecule has 2 aromatic carbocycles. The predicted molar refractivity (Wildman–Crippen MR) is 133 cm³/mol. The van der Waals surface area contributed by atoms with E-state index in [-0.39, 0.29) is 29.9 Å². The Balaban J connectivity index is 2.13. The molecule has 0 bridgehead atoms. The van der Waals surface area contributed by atoms with E-state index < -0.39 is 53.1 Å². The fraction of sp³-hybridized carbons (Fsp3) is 0.370. The first kappa shape index (κ1) is 29.3. The number of carboxylic acid groups (broad SMARTS) is 1. The Morgan fingerprint density at radius 2 is 1.62 bits per heavy atom. The number of piperazine rings is 1. The molecule has 2 aromatic rings.